The molecule has 0 saturated heterocycles. The number of nitrogens with two attached hydrogens (primary N) is 1. The Bertz CT molecular complexity index is 202. The molecule has 1 atom stereocenters. The van der Waals surface area contributed by atoms with E-state index in [0.717, 1.165) is 12.8 Å². The summed E-state index contributed by atoms with van der Waals surface area (Å²) in [5.74, 6) is -2.44. The molecule has 4 heteroatoms. The molecule has 2 nitrogen and oxygen atoms in total. The SMILES string of the molecule is NC1(CNC2CCC(F)(F)C2)CC1. The third-order valence-corrected chi connectivity index (χ3v) is 3.04. The number of rotatable bonds is 3. The fourth-order valence-electron chi connectivity index (χ4n) is 1.81. The minimum Gasteiger partial charge on any atom is -0.324 e. The average molecular weight is 190 g/mol. The van der Waals surface area contributed by atoms with Crippen molar-refractivity contribution in [1.82, 2.24) is 5.32 Å². The summed E-state index contributed by atoms with van der Waals surface area (Å²) < 4.78 is 25.5. The molecule has 0 aliphatic heterocycles. The van der Waals surface area contributed by atoms with E-state index in [0.29, 0.717) is 13.0 Å². The molecule has 0 aromatic rings. The second kappa shape index (κ2) is 2.89. The average Bonchev–Trinajstić information content (AvgIpc) is 2.65. The fraction of sp³-hybridized carbons (Fsp3) is 1.00. The summed E-state index contributed by atoms with van der Waals surface area (Å²) in [4.78, 5) is 0. The molecule has 2 aliphatic carbocycles. The highest BCUT2D eigenvalue weighted by Gasteiger charge is 2.42. The van der Waals surface area contributed by atoms with E-state index in [1.54, 1.807) is 0 Å². The van der Waals surface area contributed by atoms with Crippen molar-refractivity contribution in [3.8, 4) is 0 Å². The molecule has 0 bridgehead atoms. The van der Waals surface area contributed by atoms with Crippen LogP contribution in [0, 0.1) is 0 Å². The van der Waals surface area contributed by atoms with Crippen LogP contribution in [0.4, 0.5) is 8.78 Å². The molecule has 3 N–H and O–H groups in total. The summed E-state index contributed by atoms with van der Waals surface area (Å²) in [7, 11) is 0. The Morgan fingerprint density at radius 3 is 2.46 bits per heavy atom. The highest BCUT2D eigenvalue weighted by atomic mass is 19.3. The minimum atomic E-state index is -2.44. The van der Waals surface area contributed by atoms with Crippen molar-refractivity contribution >= 4 is 0 Å². The van der Waals surface area contributed by atoms with Gasteiger partial charge in [0, 0.05) is 31.0 Å². The van der Waals surface area contributed by atoms with Crippen molar-refractivity contribution in [3.63, 3.8) is 0 Å². The molecular weight excluding hydrogens is 174 g/mol. The summed E-state index contributed by atoms with van der Waals surface area (Å²) >= 11 is 0. The Hall–Kier alpha value is -0.220. The van der Waals surface area contributed by atoms with Gasteiger partial charge in [-0.25, -0.2) is 8.78 Å². The van der Waals surface area contributed by atoms with Crippen molar-refractivity contribution in [2.45, 2.75) is 49.6 Å². The molecule has 76 valence electrons. The molecule has 1 unspecified atom stereocenters. The maximum absolute atomic E-state index is 12.8. The zero-order valence-electron chi connectivity index (χ0n) is 7.65. The third kappa shape index (κ3) is 2.38. The van der Waals surface area contributed by atoms with E-state index in [4.69, 9.17) is 5.73 Å². The van der Waals surface area contributed by atoms with Gasteiger partial charge in [0.25, 0.3) is 0 Å². The van der Waals surface area contributed by atoms with E-state index in [1.165, 1.54) is 0 Å². The second-order valence-corrected chi connectivity index (χ2v) is 4.54. The largest absolute Gasteiger partial charge is 0.324 e. The Morgan fingerprint density at radius 1 is 1.31 bits per heavy atom. The molecule has 0 aromatic carbocycles. The Balaban J connectivity index is 1.72. The van der Waals surface area contributed by atoms with Crippen molar-refractivity contribution in [2.24, 2.45) is 5.73 Å². The van der Waals surface area contributed by atoms with E-state index in [9.17, 15) is 8.78 Å². The number of halogens is 2. The van der Waals surface area contributed by atoms with Gasteiger partial charge in [0.05, 0.1) is 0 Å². The summed E-state index contributed by atoms with van der Waals surface area (Å²) in [5, 5.41) is 3.13. The van der Waals surface area contributed by atoms with Gasteiger partial charge in [-0.1, -0.05) is 0 Å². The van der Waals surface area contributed by atoms with Crippen LogP contribution in [0.2, 0.25) is 0 Å². The molecule has 2 rings (SSSR count). The van der Waals surface area contributed by atoms with E-state index < -0.39 is 5.92 Å². The first-order valence-electron chi connectivity index (χ1n) is 4.89. The first kappa shape index (κ1) is 9.34. The predicted octanol–water partition coefficient (Wildman–Crippen LogP) is 1.26. The van der Waals surface area contributed by atoms with Crippen LogP contribution >= 0.6 is 0 Å². The maximum atomic E-state index is 12.8. The highest BCUT2D eigenvalue weighted by molar-refractivity contribution is 5.01. The van der Waals surface area contributed by atoms with Gasteiger partial charge in [0.2, 0.25) is 5.92 Å². The molecule has 0 spiro atoms. The summed E-state index contributed by atoms with van der Waals surface area (Å²) in [5.41, 5.74) is 5.77. The molecule has 13 heavy (non-hydrogen) atoms. The van der Waals surface area contributed by atoms with E-state index in [1.807, 2.05) is 0 Å². The van der Waals surface area contributed by atoms with Crippen molar-refractivity contribution in [1.29, 1.82) is 0 Å². The smallest absolute Gasteiger partial charge is 0.249 e. The van der Waals surface area contributed by atoms with Crippen LogP contribution in [0.15, 0.2) is 0 Å². The molecule has 2 saturated carbocycles. The van der Waals surface area contributed by atoms with Crippen LogP contribution in [0.3, 0.4) is 0 Å². The lowest BCUT2D eigenvalue weighted by Crippen LogP contribution is -2.40. The topological polar surface area (TPSA) is 38.0 Å². The van der Waals surface area contributed by atoms with Crippen molar-refractivity contribution in [2.75, 3.05) is 6.54 Å². The van der Waals surface area contributed by atoms with Gasteiger partial charge < -0.3 is 11.1 Å². The first-order chi connectivity index (χ1) is 5.99. The van der Waals surface area contributed by atoms with Gasteiger partial charge >= 0.3 is 0 Å². The lowest BCUT2D eigenvalue weighted by atomic mass is 10.2. The van der Waals surface area contributed by atoms with Crippen LogP contribution in [-0.4, -0.2) is 24.0 Å². The van der Waals surface area contributed by atoms with Crippen LogP contribution < -0.4 is 11.1 Å². The lowest BCUT2D eigenvalue weighted by Gasteiger charge is -2.16. The zero-order chi connectivity index (χ0) is 9.53. The maximum Gasteiger partial charge on any atom is 0.249 e. The van der Waals surface area contributed by atoms with Crippen LogP contribution in [0.25, 0.3) is 0 Å². The molecule has 2 fully saturated rings. The van der Waals surface area contributed by atoms with E-state index in [2.05, 4.69) is 5.32 Å². The Morgan fingerprint density at radius 2 is 2.00 bits per heavy atom. The first-order valence-corrected chi connectivity index (χ1v) is 4.89. The number of nitrogens with one attached hydrogen (secondary N) is 1. The van der Waals surface area contributed by atoms with Gasteiger partial charge in [-0.3, -0.25) is 0 Å². The monoisotopic (exact) mass is 190 g/mol. The van der Waals surface area contributed by atoms with Crippen molar-refractivity contribution < 1.29 is 8.78 Å². The third-order valence-electron chi connectivity index (χ3n) is 3.04. The molecule has 2 aliphatic rings. The molecule has 0 radical (unpaired) electrons. The Labute approximate surface area is 76.9 Å². The quantitative estimate of drug-likeness (QED) is 0.703. The highest BCUT2D eigenvalue weighted by Crippen LogP contribution is 2.36. The van der Waals surface area contributed by atoms with Gasteiger partial charge in [0.1, 0.15) is 0 Å². The number of alkyl halides is 2. The van der Waals surface area contributed by atoms with Gasteiger partial charge in [0.15, 0.2) is 0 Å². The predicted molar refractivity (Wildman–Crippen MR) is 46.7 cm³/mol. The second-order valence-electron chi connectivity index (χ2n) is 4.54. The van der Waals surface area contributed by atoms with Crippen molar-refractivity contribution in [3.05, 3.63) is 0 Å². The van der Waals surface area contributed by atoms with Gasteiger partial charge in [-0.05, 0) is 19.3 Å². The fourth-order valence-corrected chi connectivity index (χ4v) is 1.81. The summed E-state index contributed by atoms with van der Waals surface area (Å²) in [6.45, 7) is 0.702. The molecule has 0 aromatic heterocycles. The number of hydrogen-bond acceptors (Lipinski definition) is 2. The Kier molecular flexibility index (Phi) is 2.07. The van der Waals surface area contributed by atoms with Crippen LogP contribution in [0.5, 0.6) is 0 Å². The standard InChI is InChI=1S/C9H16F2N2/c10-9(11)2-1-7(5-9)13-6-8(12)3-4-8/h7,13H,1-6,12H2. The minimum absolute atomic E-state index is 0.0108. The summed E-state index contributed by atoms with van der Waals surface area (Å²) in [6.07, 6.45) is 2.67. The van der Waals surface area contributed by atoms with E-state index in [-0.39, 0.29) is 24.4 Å². The van der Waals surface area contributed by atoms with Gasteiger partial charge in [-0.15, -0.1) is 0 Å². The van der Waals surface area contributed by atoms with Gasteiger partial charge in [-0.2, -0.15) is 0 Å². The number of hydrogen-bond donors (Lipinski definition) is 2. The zero-order valence-corrected chi connectivity index (χ0v) is 7.65. The van der Waals surface area contributed by atoms with Crippen LogP contribution in [0.1, 0.15) is 32.1 Å². The molecular formula is C9H16F2N2. The normalized spacial score (nSPS) is 34.8. The summed E-state index contributed by atoms with van der Waals surface area (Å²) in [6, 6.07) is -0.0176. The molecule has 0 heterocycles. The molecule has 0 amide bonds. The van der Waals surface area contributed by atoms with E-state index >= 15 is 0 Å². The van der Waals surface area contributed by atoms with Crippen LogP contribution in [-0.2, 0) is 0 Å². The lowest BCUT2D eigenvalue weighted by molar-refractivity contribution is 0.00687.